The predicted octanol–water partition coefficient (Wildman–Crippen LogP) is 1.58. The zero-order chi connectivity index (χ0) is 13.2. The van der Waals surface area contributed by atoms with Gasteiger partial charge in [0.2, 0.25) is 5.91 Å². The van der Waals surface area contributed by atoms with Crippen LogP contribution in [0.1, 0.15) is 30.5 Å². The molecule has 0 aliphatic rings. The molecule has 94 valence electrons. The first kappa shape index (κ1) is 13.5. The monoisotopic (exact) mass is 236 g/mol. The predicted molar refractivity (Wildman–Crippen MR) is 67.8 cm³/mol. The summed E-state index contributed by atoms with van der Waals surface area (Å²) in [4.78, 5) is 11.8. The molecule has 0 saturated heterocycles. The molecule has 0 unspecified atom stereocenters. The van der Waals surface area contributed by atoms with Gasteiger partial charge in [-0.25, -0.2) is 5.84 Å². The zero-order valence-electron chi connectivity index (χ0n) is 11.0. The number of hydrazine groups is 1. The molecule has 3 N–H and O–H groups in total. The molecule has 0 bridgehead atoms. The Kier molecular flexibility index (Phi) is 3.78. The van der Waals surface area contributed by atoms with E-state index in [1.807, 2.05) is 39.8 Å². The molecule has 0 aromatic heterocycles. The molecule has 0 radical (unpaired) electrons. The summed E-state index contributed by atoms with van der Waals surface area (Å²) in [6, 6.07) is 3.92. The first-order chi connectivity index (χ1) is 7.84. The minimum atomic E-state index is -0.724. The fraction of sp³-hybridized carbons (Fsp3) is 0.462. The first-order valence-electron chi connectivity index (χ1n) is 5.51. The fourth-order valence-electron chi connectivity index (χ4n) is 1.75. The van der Waals surface area contributed by atoms with Crippen LogP contribution in [0.5, 0.6) is 5.75 Å². The van der Waals surface area contributed by atoms with E-state index in [1.165, 1.54) is 0 Å². The summed E-state index contributed by atoms with van der Waals surface area (Å²) in [5, 5.41) is 0. The second-order valence-corrected chi connectivity index (χ2v) is 4.74. The molecule has 1 rings (SSSR count). The highest BCUT2D eigenvalue weighted by Crippen LogP contribution is 2.33. The van der Waals surface area contributed by atoms with Crippen LogP contribution in [0.25, 0.3) is 0 Å². The van der Waals surface area contributed by atoms with E-state index in [2.05, 4.69) is 5.43 Å². The molecule has 1 aromatic carbocycles. The molecule has 1 aromatic rings. The highest BCUT2D eigenvalue weighted by Gasteiger charge is 2.32. The van der Waals surface area contributed by atoms with E-state index in [4.69, 9.17) is 10.6 Å². The number of hydrogen-bond acceptors (Lipinski definition) is 3. The lowest BCUT2D eigenvalue weighted by atomic mass is 9.82. The number of aryl methyl sites for hydroxylation is 2. The van der Waals surface area contributed by atoms with E-state index < -0.39 is 5.41 Å². The van der Waals surface area contributed by atoms with Crippen molar-refractivity contribution in [1.82, 2.24) is 5.43 Å². The maximum atomic E-state index is 11.8. The fourth-order valence-corrected chi connectivity index (χ4v) is 1.75. The third-order valence-electron chi connectivity index (χ3n) is 3.19. The van der Waals surface area contributed by atoms with Crippen LogP contribution < -0.4 is 16.0 Å². The maximum Gasteiger partial charge on any atom is 0.244 e. The van der Waals surface area contributed by atoms with Gasteiger partial charge in [-0.3, -0.25) is 10.2 Å². The Labute approximate surface area is 102 Å². The molecule has 4 heteroatoms. The zero-order valence-corrected chi connectivity index (χ0v) is 11.0. The van der Waals surface area contributed by atoms with Crippen LogP contribution in [0.4, 0.5) is 0 Å². The molecule has 1 amide bonds. The van der Waals surface area contributed by atoms with E-state index in [0.29, 0.717) is 5.75 Å². The average molecular weight is 236 g/mol. The van der Waals surface area contributed by atoms with Crippen molar-refractivity contribution in [3.63, 3.8) is 0 Å². The van der Waals surface area contributed by atoms with Gasteiger partial charge in [0.25, 0.3) is 0 Å². The van der Waals surface area contributed by atoms with Gasteiger partial charge < -0.3 is 4.74 Å². The minimum Gasteiger partial charge on any atom is -0.496 e. The Hall–Kier alpha value is -1.55. The lowest BCUT2D eigenvalue weighted by Crippen LogP contribution is -2.43. The summed E-state index contributed by atoms with van der Waals surface area (Å²) in [7, 11) is 1.60. The molecule has 0 spiro atoms. The quantitative estimate of drug-likeness (QED) is 0.476. The van der Waals surface area contributed by atoms with Gasteiger partial charge in [0.15, 0.2) is 0 Å². The number of hydrogen-bond donors (Lipinski definition) is 2. The average Bonchev–Trinajstić information content (AvgIpc) is 2.30. The molecule has 0 fully saturated rings. The van der Waals surface area contributed by atoms with Crippen LogP contribution in [-0.2, 0) is 10.2 Å². The molecule has 4 nitrogen and oxygen atoms in total. The molecular formula is C13H20N2O2. The van der Waals surface area contributed by atoms with E-state index in [-0.39, 0.29) is 5.91 Å². The Morgan fingerprint density at radius 2 is 1.82 bits per heavy atom. The Bertz CT molecular complexity index is 439. The van der Waals surface area contributed by atoms with Crippen LogP contribution in [0.15, 0.2) is 12.1 Å². The molecule has 17 heavy (non-hydrogen) atoms. The van der Waals surface area contributed by atoms with Gasteiger partial charge in [0, 0.05) is 5.56 Å². The smallest absolute Gasteiger partial charge is 0.244 e. The number of carbonyl (C=O) groups excluding carboxylic acids is 1. The van der Waals surface area contributed by atoms with Crippen molar-refractivity contribution < 1.29 is 9.53 Å². The van der Waals surface area contributed by atoms with Gasteiger partial charge in [-0.15, -0.1) is 0 Å². The summed E-state index contributed by atoms with van der Waals surface area (Å²) in [5.74, 6) is 5.69. The van der Waals surface area contributed by atoms with Crippen LogP contribution in [0.3, 0.4) is 0 Å². The lowest BCUT2D eigenvalue weighted by molar-refractivity contribution is -0.125. The molecule has 0 aliphatic carbocycles. The number of carbonyl (C=O) groups is 1. The van der Waals surface area contributed by atoms with Gasteiger partial charge >= 0.3 is 0 Å². The number of nitrogens with one attached hydrogen (secondary N) is 1. The summed E-state index contributed by atoms with van der Waals surface area (Å²) in [6.07, 6.45) is 0. The van der Waals surface area contributed by atoms with E-state index >= 15 is 0 Å². The normalized spacial score (nSPS) is 11.2. The van der Waals surface area contributed by atoms with Crippen molar-refractivity contribution >= 4 is 5.91 Å². The number of methoxy groups -OCH3 is 1. The number of rotatable bonds is 3. The molecular weight excluding hydrogens is 216 g/mol. The first-order valence-corrected chi connectivity index (χ1v) is 5.51. The van der Waals surface area contributed by atoms with Crippen LogP contribution >= 0.6 is 0 Å². The second kappa shape index (κ2) is 4.75. The van der Waals surface area contributed by atoms with Crippen molar-refractivity contribution in [3.8, 4) is 5.75 Å². The largest absolute Gasteiger partial charge is 0.496 e. The number of nitrogens with two attached hydrogens (primary N) is 1. The van der Waals surface area contributed by atoms with Crippen molar-refractivity contribution in [3.05, 3.63) is 28.8 Å². The van der Waals surface area contributed by atoms with E-state index in [0.717, 1.165) is 16.7 Å². The Morgan fingerprint density at radius 1 is 1.29 bits per heavy atom. The molecule has 0 aliphatic heterocycles. The third kappa shape index (κ3) is 2.42. The third-order valence-corrected chi connectivity index (χ3v) is 3.19. The van der Waals surface area contributed by atoms with Gasteiger partial charge in [-0.1, -0.05) is 6.07 Å². The number of ether oxygens (including phenoxy) is 1. The summed E-state index contributed by atoms with van der Waals surface area (Å²) in [5.41, 5.74) is 4.57. The molecule has 0 saturated carbocycles. The van der Waals surface area contributed by atoms with Crippen LogP contribution in [0.2, 0.25) is 0 Å². The number of benzene rings is 1. The van der Waals surface area contributed by atoms with Crippen molar-refractivity contribution in [2.24, 2.45) is 5.84 Å². The summed E-state index contributed by atoms with van der Waals surface area (Å²) >= 11 is 0. The van der Waals surface area contributed by atoms with E-state index in [1.54, 1.807) is 7.11 Å². The topological polar surface area (TPSA) is 64.3 Å². The van der Waals surface area contributed by atoms with Crippen molar-refractivity contribution in [2.45, 2.75) is 33.1 Å². The molecule has 0 atom stereocenters. The Balaban J connectivity index is 3.39. The highest BCUT2D eigenvalue weighted by molar-refractivity contribution is 5.87. The summed E-state index contributed by atoms with van der Waals surface area (Å²) < 4.78 is 5.34. The highest BCUT2D eigenvalue weighted by atomic mass is 16.5. The molecule has 0 heterocycles. The maximum absolute atomic E-state index is 11.8. The lowest BCUT2D eigenvalue weighted by Gasteiger charge is -2.26. The second-order valence-electron chi connectivity index (χ2n) is 4.74. The van der Waals surface area contributed by atoms with Gasteiger partial charge in [0.05, 0.1) is 12.5 Å². The van der Waals surface area contributed by atoms with Gasteiger partial charge in [-0.2, -0.15) is 0 Å². The Morgan fingerprint density at radius 3 is 2.29 bits per heavy atom. The van der Waals surface area contributed by atoms with Crippen LogP contribution in [-0.4, -0.2) is 13.0 Å². The SMILES string of the molecule is COc1cc(C)c(C)cc1C(C)(C)C(=O)NN. The number of amides is 1. The van der Waals surface area contributed by atoms with Gasteiger partial charge in [0.1, 0.15) is 5.75 Å². The van der Waals surface area contributed by atoms with Crippen molar-refractivity contribution in [2.75, 3.05) is 7.11 Å². The van der Waals surface area contributed by atoms with Crippen molar-refractivity contribution in [1.29, 1.82) is 0 Å². The standard InChI is InChI=1S/C13H20N2O2/c1-8-6-10(11(17-5)7-9(8)2)13(3,4)12(16)15-14/h6-7H,14H2,1-5H3,(H,15,16). The van der Waals surface area contributed by atoms with Gasteiger partial charge in [-0.05, 0) is 44.9 Å². The van der Waals surface area contributed by atoms with E-state index in [9.17, 15) is 4.79 Å². The minimum absolute atomic E-state index is 0.237. The van der Waals surface area contributed by atoms with Crippen LogP contribution in [0, 0.1) is 13.8 Å². The summed E-state index contributed by atoms with van der Waals surface area (Å²) in [6.45, 7) is 7.66.